The lowest BCUT2D eigenvalue weighted by Gasteiger charge is -2.27. The van der Waals surface area contributed by atoms with E-state index in [0.717, 1.165) is 42.5 Å². The summed E-state index contributed by atoms with van der Waals surface area (Å²) in [4.78, 5) is 18.9. The molecule has 4 nitrogen and oxygen atoms in total. The van der Waals surface area contributed by atoms with Crippen LogP contribution in [0.5, 0.6) is 0 Å². The third-order valence-electron chi connectivity index (χ3n) is 4.81. The highest BCUT2D eigenvalue weighted by Crippen LogP contribution is 2.29. The first-order chi connectivity index (χ1) is 13.4. The normalized spacial score (nSPS) is 14.2. The summed E-state index contributed by atoms with van der Waals surface area (Å²) in [7, 11) is 0. The van der Waals surface area contributed by atoms with E-state index < -0.39 is 0 Å². The van der Waals surface area contributed by atoms with Crippen molar-refractivity contribution in [2.45, 2.75) is 19.5 Å². The number of hydrogen-bond acceptors (Lipinski definition) is 6. The molecule has 5 rings (SSSR count). The Labute approximate surface area is 166 Å². The maximum Gasteiger partial charge on any atom is 0.169 e. The van der Waals surface area contributed by atoms with Crippen LogP contribution in [-0.2, 0) is 19.5 Å². The zero-order valence-electron chi connectivity index (χ0n) is 14.7. The molecule has 0 N–H and O–H groups in total. The van der Waals surface area contributed by atoms with Crippen LogP contribution in [0.4, 0.5) is 0 Å². The maximum atomic E-state index is 4.82. The lowest BCUT2D eigenvalue weighted by Crippen LogP contribution is -2.30. The van der Waals surface area contributed by atoms with Crippen LogP contribution in [0.1, 0.15) is 16.1 Å². The first-order valence-electron chi connectivity index (χ1n) is 8.95. The Kier molecular flexibility index (Phi) is 4.53. The zero-order valence-corrected chi connectivity index (χ0v) is 16.3. The van der Waals surface area contributed by atoms with Gasteiger partial charge in [-0.3, -0.25) is 4.90 Å². The molecule has 1 aliphatic heterocycles. The summed E-state index contributed by atoms with van der Waals surface area (Å²) in [5, 5.41) is 2.07. The highest BCUT2D eigenvalue weighted by atomic mass is 32.1. The molecule has 3 aromatic heterocycles. The average molecular weight is 391 g/mol. The minimum atomic E-state index is 0.853. The fourth-order valence-electron chi connectivity index (χ4n) is 3.45. The molecule has 4 aromatic rings. The van der Waals surface area contributed by atoms with E-state index in [1.54, 1.807) is 22.7 Å². The molecule has 0 amide bonds. The Morgan fingerprint density at radius 2 is 1.93 bits per heavy atom. The maximum absolute atomic E-state index is 4.82. The quantitative estimate of drug-likeness (QED) is 0.498. The number of aromatic nitrogens is 3. The molecule has 134 valence electrons. The van der Waals surface area contributed by atoms with Crippen molar-refractivity contribution in [3.63, 3.8) is 0 Å². The molecular formula is C21H18N4S2. The molecule has 0 aliphatic carbocycles. The van der Waals surface area contributed by atoms with Crippen molar-refractivity contribution in [1.29, 1.82) is 0 Å². The Morgan fingerprint density at radius 3 is 2.78 bits per heavy atom. The van der Waals surface area contributed by atoms with Gasteiger partial charge in [-0.1, -0.05) is 36.4 Å². The molecule has 0 saturated carbocycles. The van der Waals surface area contributed by atoms with Gasteiger partial charge >= 0.3 is 0 Å². The smallest absolute Gasteiger partial charge is 0.169 e. The Balaban J connectivity index is 1.35. The molecule has 27 heavy (non-hydrogen) atoms. The minimum absolute atomic E-state index is 0.853. The second kappa shape index (κ2) is 7.31. The number of benzene rings is 1. The predicted octanol–water partition coefficient (Wildman–Crippen LogP) is 4.89. The van der Waals surface area contributed by atoms with Gasteiger partial charge in [0.05, 0.1) is 21.8 Å². The molecule has 1 aromatic carbocycles. The summed E-state index contributed by atoms with van der Waals surface area (Å²) in [5.41, 5.74) is 6.68. The molecule has 0 atom stereocenters. The molecule has 0 bridgehead atoms. The van der Waals surface area contributed by atoms with Crippen molar-refractivity contribution in [3.8, 4) is 22.0 Å². The Morgan fingerprint density at radius 1 is 1.00 bits per heavy atom. The lowest BCUT2D eigenvalue weighted by atomic mass is 10.1. The fourth-order valence-corrected chi connectivity index (χ4v) is 4.94. The standard InChI is InChI=1S/C21H18N4S2/c1-2-5-15(6-3-1)20-19(27-14-23-20)13-25-9-8-17-16(12-25)11-22-21(24-17)18-7-4-10-26-18/h1-7,10-11,14H,8-9,12-13H2. The van der Waals surface area contributed by atoms with Crippen molar-refractivity contribution < 1.29 is 0 Å². The van der Waals surface area contributed by atoms with Gasteiger partial charge in [0.1, 0.15) is 0 Å². The van der Waals surface area contributed by atoms with Gasteiger partial charge in [-0.05, 0) is 11.4 Å². The van der Waals surface area contributed by atoms with Crippen LogP contribution >= 0.6 is 22.7 Å². The van der Waals surface area contributed by atoms with Crippen molar-refractivity contribution in [3.05, 3.63) is 75.7 Å². The SMILES string of the molecule is c1ccc(-c2ncsc2CN2CCc3nc(-c4cccs4)ncc3C2)cc1. The van der Waals surface area contributed by atoms with Crippen LogP contribution in [0.2, 0.25) is 0 Å². The Bertz CT molecular complexity index is 1040. The number of thiazole rings is 1. The summed E-state index contributed by atoms with van der Waals surface area (Å²) < 4.78 is 0. The van der Waals surface area contributed by atoms with Crippen molar-refractivity contribution >= 4 is 22.7 Å². The van der Waals surface area contributed by atoms with Gasteiger partial charge in [0, 0.05) is 48.3 Å². The predicted molar refractivity (Wildman–Crippen MR) is 111 cm³/mol. The molecule has 0 spiro atoms. The van der Waals surface area contributed by atoms with E-state index >= 15 is 0 Å². The molecule has 0 radical (unpaired) electrons. The summed E-state index contributed by atoms with van der Waals surface area (Å²) in [6.45, 7) is 2.83. The van der Waals surface area contributed by atoms with E-state index in [1.807, 2.05) is 23.8 Å². The third-order valence-corrected chi connectivity index (χ3v) is 6.49. The zero-order chi connectivity index (χ0) is 18.1. The summed E-state index contributed by atoms with van der Waals surface area (Å²) in [6, 6.07) is 14.6. The second-order valence-electron chi connectivity index (χ2n) is 6.59. The van der Waals surface area contributed by atoms with Gasteiger partial charge in [0.2, 0.25) is 0 Å². The Hall–Kier alpha value is -2.41. The van der Waals surface area contributed by atoms with Gasteiger partial charge in [-0.2, -0.15) is 0 Å². The van der Waals surface area contributed by atoms with Crippen LogP contribution in [-0.4, -0.2) is 26.4 Å². The van der Waals surface area contributed by atoms with Gasteiger partial charge in [0.15, 0.2) is 5.82 Å². The minimum Gasteiger partial charge on any atom is -0.293 e. The van der Waals surface area contributed by atoms with E-state index in [-0.39, 0.29) is 0 Å². The van der Waals surface area contributed by atoms with Crippen LogP contribution in [0, 0.1) is 0 Å². The van der Waals surface area contributed by atoms with Crippen LogP contribution in [0.3, 0.4) is 0 Å². The molecule has 4 heterocycles. The average Bonchev–Trinajstić information content (AvgIpc) is 3.40. The lowest BCUT2D eigenvalue weighted by molar-refractivity contribution is 0.245. The highest BCUT2D eigenvalue weighted by Gasteiger charge is 2.21. The molecule has 0 unspecified atom stereocenters. The number of fused-ring (bicyclic) bond motifs is 1. The molecule has 0 saturated heterocycles. The first kappa shape index (κ1) is 16.7. The van der Waals surface area contributed by atoms with E-state index in [1.165, 1.54) is 21.7 Å². The van der Waals surface area contributed by atoms with Crippen LogP contribution < -0.4 is 0 Å². The van der Waals surface area contributed by atoms with Crippen molar-refractivity contribution in [2.24, 2.45) is 0 Å². The van der Waals surface area contributed by atoms with Crippen LogP contribution in [0.25, 0.3) is 22.0 Å². The molecule has 6 heteroatoms. The summed E-state index contributed by atoms with van der Waals surface area (Å²) in [6.07, 6.45) is 2.98. The number of thiophene rings is 1. The van der Waals surface area contributed by atoms with Gasteiger partial charge < -0.3 is 0 Å². The number of rotatable bonds is 4. The van der Waals surface area contributed by atoms with Crippen LogP contribution in [0.15, 0.2) is 59.6 Å². The van der Waals surface area contributed by atoms with Gasteiger partial charge in [0.25, 0.3) is 0 Å². The fraction of sp³-hybridized carbons (Fsp3) is 0.190. The summed E-state index contributed by atoms with van der Waals surface area (Å²) in [5.74, 6) is 0.853. The van der Waals surface area contributed by atoms with Crippen molar-refractivity contribution in [2.75, 3.05) is 6.54 Å². The molecule has 1 aliphatic rings. The molecule has 0 fully saturated rings. The van der Waals surface area contributed by atoms with Crippen molar-refractivity contribution in [1.82, 2.24) is 19.9 Å². The third kappa shape index (κ3) is 3.43. The summed E-state index contributed by atoms with van der Waals surface area (Å²) >= 11 is 3.43. The van der Waals surface area contributed by atoms with E-state index in [9.17, 15) is 0 Å². The number of hydrogen-bond donors (Lipinski definition) is 0. The first-order valence-corrected chi connectivity index (χ1v) is 10.7. The highest BCUT2D eigenvalue weighted by molar-refractivity contribution is 7.13. The van der Waals surface area contributed by atoms with E-state index in [4.69, 9.17) is 4.98 Å². The van der Waals surface area contributed by atoms with Gasteiger partial charge in [-0.25, -0.2) is 15.0 Å². The van der Waals surface area contributed by atoms with E-state index in [0.29, 0.717) is 0 Å². The topological polar surface area (TPSA) is 41.9 Å². The van der Waals surface area contributed by atoms with E-state index in [2.05, 4.69) is 50.6 Å². The second-order valence-corrected chi connectivity index (χ2v) is 8.48. The molecular weight excluding hydrogens is 372 g/mol. The van der Waals surface area contributed by atoms with Gasteiger partial charge in [-0.15, -0.1) is 22.7 Å². The monoisotopic (exact) mass is 390 g/mol. The number of nitrogens with zero attached hydrogens (tertiary/aromatic N) is 4. The largest absolute Gasteiger partial charge is 0.293 e.